The topological polar surface area (TPSA) is 60.4 Å². The highest BCUT2D eigenvalue weighted by atomic mass is 127. The molecule has 2 saturated heterocycles. The van der Waals surface area contributed by atoms with Gasteiger partial charge in [0.15, 0.2) is 5.96 Å². The van der Waals surface area contributed by atoms with E-state index in [0.717, 1.165) is 76.7 Å². The number of anilines is 1. The number of piperidine rings is 1. The predicted molar refractivity (Wildman–Crippen MR) is 142 cm³/mol. The van der Waals surface area contributed by atoms with Gasteiger partial charge in [0, 0.05) is 45.8 Å². The summed E-state index contributed by atoms with van der Waals surface area (Å²) in [7, 11) is 0. The number of benzene rings is 1. The van der Waals surface area contributed by atoms with Gasteiger partial charge < -0.3 is 24.8 Å². The maximum Gasteiger partial charge on any atom is 0.309 e. The highest BCUT2D eigenvalue weighted by Crippen LogP contribution is 2.23. The largest absolute Gasteiger partial charge is 0.466 e. The molecule has 9 heteroatoms. The maximum atomic E-state index is 14.8. The molecule has 2 fully saturated rings. The monoisotopic (exact) mass is 575 g/mol. The molecule has 2 aliphatic heterocycles. The lowest BCUT2D eigenvalue weighted by molar-refractivity contribution is -0.149. The molecule has 3 rings (SSSR count). The van der Waals surface area contributed by atoms with Crippen LogP contribution in [0.2, 0.25) is 0 Å². The Morgan fingerprint density at radius 3 is 2.39 bits per heavy atom. The van der Waals surface area contributed by atoms with Crippen molar-refractivity contribution in [2.75, 3.05) is 63.9 Å². The van der Waals surface area contributed by atoms with E-state index >= 15 is 0 Å². The number of guanidine groups is 1. The zero-order valence-electron chi connectivity index (χ0n) is 20.2. The first-order chi connectivity index (χ1) is 15.5. The summed E-state index contributed by atoms with van der Waals surface area (Å²) in [5.74, 6) is 0.508. The summed E-state index contributed by atoms with van der Waals surface area (Å²) in [6.07, 6.45) is 1.52. The van der Waals surface area contributed by atoms with E-state index in [9.17, 15) is 9.18 Å². The van der Waals surface area contributed by atoms with Gasteiger partial charge in [-0.3, -0.25) is 4.79 Å². The third-order valence-electron chi connectivity index (χ3n) is 6.33. The smallest absolute Gasteiger partial charge is 0.309 e. The molecule has 7 nitrogen and oxygen atoms in total. The number of likely N-dealkylation sites (tertiary alicyclic amines) is 1. The van der Waals surface area contributed by atoms with Crippen LogP contribution in [0.25, 0.3) is 0 Å². The number of hydrogen-bond acceptors (Lipinski definition) is 5. The van der Waals surface area contributed by atoms with Crippen LogP contribution in [0, 0.1) is 11.7 Å². The maximum absolute atomic E-state index is 14.8. The average molecular weight is 576 g/mol. The fourth-order valence-electron chi connectivity index (χ4n) is 4.39. The molecule has 1 N–H and O–H groups in total. The Bertz CT molecular complexity index is 778. The molecule has 186 valence electrons. The second kappa shape index (κ2) is 13.9. The van der Waals surface area contributed by atoms with Gasteiger partial charge in [-0.05, 0) is 50.9 Å². The number of piperazine rings is 1. The van der Waals surface area contributed by atoms with Crippen molar-refractivity contribution < 1.29 is 13.9 Å². The Hall–Kier alpha value is -1.62. The zero-order valence-corrected chi connectivity index (χ0v) is 22.5. The van der Waals surface area contributed by atoms with Crippen LogP contribution in [0.4, 0.5) is 10.1 Å². The fourth-order valence-corrected chi connectivity index (χ4v) is 4.39. The number of nitrogens with zero attached hydrogens (tertiary/aromatic N) is 4. The van der Waals surface area contributed by atoms with E-state index in [1.807, 2.05) is 26.0 Å². The van der Waals surface area contributed by atoms with Crippen molar-refractivity contribution in [1.82, 2.24) is 15.1 Å². The Morgan fingerprint density at radius 2 is 1.82 bits per heavy atom. The highest BCUT2D eigenvalue weighted by molar-refractivity contribution is 14.0. The number of nitrogens with one attached hydrogen (secondary N) is 1. The van der Waals surface area contributed by atoms with Gasteiger partial charge in [-0.2, -0.15) is 0 Å². The predicted octanol–water partition coefficient (Wildman–Crippen LogP) is 3.33. The van der Waals surface area contributed by atoms with Gasteiger partial charge in [-0.15, -0.1) is 24.0 Å². The van der Waals surface area contributed by atoms with E-state index < -0.39 is 0 Å². The van der Waals surface area contributed by atoms with Crippen molar-refractivity contribution in [2.45, 2.75) is 40.2 Å². The van der Waals surface area contributed by atoms with Crippen LogP contribution in [0.5, 0.6) is 0 Å². The van der Waals surface area contributed by atoms with Gasteiger partial charge in [0.1, 0.15) is 5.82 Å². The molecule has 2 heterocycles. The first-order valence-corrected chi connectivity index (χ1v) is 12.0. The van der Waals surface area contributed by atoms with Gasteiger partial charge >= 0.3 is 5.97 Å². The molecular weight excluding hydrogens is 536 g/mol. The average Bonchev–Trinajstić information content (AvgIpc) is 2.82. The number of ether oxygens (including phenoxy) is 1. The second-order valence-electron chi connectivity index (χ2n) is 8.39. The lowest BCUT2D eigenvalue weighted by atomic mass is 9.97. The van der Waals surface area contributed by atoms with E-state index in [1.165, 1.54) is 0 Å². The molecule has 1 aromatic carbocycles. The van der Waals surface area contributed by atoms with E-state index in [4.69, 9.17) is 9.73 Å². The van der Waals surface area contributed by atoms with E-state index in [-0.39, 0.29) is 41.7 Å². The Labute approximate surface area is 214 Å². The molecule has 0 spiro atoms. The molecule has 0 bridgehead atoms. The van der Waals surface area contributed by atoms with E-state index in [0.29, 0.717) is 18.8 Å². The third kappa shape index (κ3) is 7.70. The quantitative estimate of drug-likeness (QED) is 0.233. The summed E-state index contributed by atoms with van der Waals surface area (Å²) in [6, 6.07) is 5.48. The number of carbonyl (C=O) groups excluding carboxylic acids is 1. The molecular formula is C24H39FIN5O2. The minimum atomic E-state index is -0.178. The lowest BCUT2D eigenvalue weighted by Crippen LogP contribution is -2.46. The number of halogens is 2. The summed E-state index contributed by atoms with van der Waals surface area (Å²) in [4.78, 5) is 23.4. The highest BCUT2D eigenvalue weighted by Gasteiger charge is 2.27. The Kier molecular flexibility index (Phi) is 11.7. The summed E-state index contributed by atoms with van der Waals surface area (Å²) in [5.41, 5.74) is 1.54. The summed E-state index contributed by atoms with van der Waals surface area (Å²) in [5, 5.41) is 3.33. The summed E-state index contributed by atoms with van der Waals surface area (Å²) >= 11 is 0. The molecule has 1 aromatic rings. The van der Waals surface area contributed by atoms with Crippen LogP contribution in [0.15, 0.2) is 23.2 Å². The molecule has 0 amide bonds. The number of hydrogen-bond donors (Lipinski definition) is 1. The number of carbonyl (C=O) groups is 1. The minimum absolute atomic E-state index is 0. The van der Waals surface area contributed by atoms with Crippen molar-refractivity contribution in [2.24, 2.45) is 10.9 Å². The van der Waals surface area contributed by atoms with Crippen LogP contribution < -0.4 is 10.2 Å². The van der Waals surface area contributed by atoms with Gasteiger partial charge in [-0.1, -0.05) is 13.0 Å². The number of esters is 1. The van der Waals surface area contributed by atoms with Crippen LogP contribution >= 0.6 is 24.0 Å². The molecule has 0 aromatic heterocycles. The third-order valence-corrected chi connectivity index (χ3v) is 6.33. The zero-order chi connectivity index (χ0) is 22.9. The Morgan fingerprint density at radius 1 is 1.12 bits per heavy atom. The molecule has 0 radical (unpaired) electrons. The van der Waals surface area contributed by atoms with Gasteiger partial charge in [0.25, 0.3) is 0 Å². The normalized spacial score (nSPS) is 18.1. The number of rotatable bonds is 7. The molecule has 2 aliphatic rings. The Balaban J connectivity index is 0.00000385. The van der Waals surface area contributed by atoms with Crippen LogP contribution in [0.1, 0.15) is 39.2 Å². The fraction of sp³-hybridized carbons (Fsp3) is 0.667. The first kappa shape index (κ1) is 27.6. The van der Waals surface area contributed by atoms with Crippen molar-refractivity contribution in [3.63, 3.8) is 0 Å². The van der Waals surface area contributed by atoms with E-state index in [1.54, 1.807) is 6.07 Å². The summed E-state index contributed by atoms with van der Waals surface area (Å²) in [6.45, 7) is 13.8. The summed E-state index contributed by atoms with van der Waals surface area (Å²) < 4.78 is 20.0. The molecule has 0 atom stereocenters. The van der Waals surface area contributed by atoms with Crippen molar-refractivity contribution in [3.05, 3.63) is 29.6 Å². The second-order valence-corrected chi connectivity index (χ2v) is 8.39. The van der Waals surface area contributed by atoms with Gasteiger partial charge in [0.05, 0.1) is 24.8 Å². The molecule has 33 heavy (non-hydrogen) atoms. The molecule has 0 saturated carbocycles. The first-order valence-electron chi connectivity index (χ1n) is 12.0. The van der Waals surface area contributed by atoms with Crippen LogP contribution in [-0.4, -0.2) is 80.7 Å². The van der Waals surface area contributed by atoms with E-state index in [2.05, 4.69) is 26.9 Å². The van der Waals surface area contributed by atoms with Gasteiger partial charge in [0.2, 0.25) is 0 Å². The van der Waals surface area contributed by atoms with Crippen molar-refractivity contribution in [3.8, 4) is 0 Å². The SMILES string of the molecule is CCNC(=NCc1ccc(N2CCN(CC)CC2)c(F)c1)N1CCC(C(=O)OCC)CC1.I. The van der Waals surface area contributed by atoms with Crippen LogP contribution in [0.3, 0.4) is 0 Å². The number of likely N-dealkylation sites (N-methyl/N-ethyl adjacent to an activating group) is 1. The van der Waals surface area contributed by atoms with Crippen molar-refractivity contribution in [1.29, 1.82) is 0 Å². The van der Waals surface area contributed by atoms with Crippen LogP contribution in [-0.2, 0) is 16.1 Å². The molecule has 0 aliphatic carbocycles. The van der Waals surface area contributed by atoms with Crippen molar-refractivity contribution >= 4 is 41.6 Å². The molecule has 0 unspecified atom stereocenters. The lowest BCUT2D eigenvalue weighted by Gasteiger charge is -2.35. The minimum Gasteiger partial charge on any atom is -0.466 e. The van der Waals surface area contributed by atoms with Gasteiger partial charge in [-0.25, -0.2) is 9.38 Å². The standard InChI is InChI=1S/C24H38FN5O2.HI/c1-4-26-24(30-11-9-20(10-12-30)23(31)32-6-3)27-18-19-7-8-22(21(25)17-19)29-15-13-28(5-2)14-16-29;/h7-8,17,20H,4-6,9-16,18H2,1-3H3,(H,26,27);1H. The number of aliphatic imine (C=N–C) groups is 1.